The Hall–Kier alpha value is -2.41. The van der Waals surface area contributed by atoms with E-state index in [4.69, 9.17) is 0 Å². The van der Waals surface area contributed by atoms with E-state index in [9.17, 15) is 9.59 Å². The first-order valence-electron chi connectivity index (χ1n) is 7.04. The summed E-state index contributed by atoms with van der Waals surface area (Å²) in [5.74, 6) is -1.12. The molecule has 0 unspecified atom stereocenters. The van der Waals surface area contributed by atoms with Crippen molar-refractivity contribution in [3.63, 3.8) is 0 Å². The summed E-state index contributed by atoms with van der Waals surface area (Å²) in [4.78, 5) is 31.8. The van der Waals surface area contributed by atoms with Crippen LogP contribution in [0.3, 0.4) is 0 Å². The van der Waals surface area contributed by atoms with Gasteiger partial charge in [-0.25, -0.2) is 4.98 Å². The van der Waals surface area contributed by atoms with Crippen LogP contribution in [0.2, 0.25) is 0 Å². The first-order chi connectivity index (χ1) is 10.7. The van der Waals surface area contributed by atoms with Crippen LogP contribution in [0.5, 0.6) is 0 Å². The molecule has 0 spiro atoms. The van der Waals surface area contributed by atoms with Crippen molar-refractivity contribution in [3.8, 4) is 0 Å². The van der Waals surface area contributed by atoms with Gasteiger partial charge in [0.05, 0.1) is 0 Å². The van der Waals surface area contributed by atoms with Crippen LogP contribution in [0.15, 0.2) is 41.9 Å². The number of hydrogen-bond donors (Lipinski definition) is 1. The minimum atomic E-state index is -0.622. The average Bonchev–Trinajstić information content (AvgIpc) is 3.08. The van der Waals surface area contributed by atoms with E-state index in [1.54, 1.807) is 16.5 Å². The number of rotatable bonds is 2. The van der Waals surface area contributed by atoms with Gasteiger partial charge in [-0.2, -0.15) is 0 Å². The zero-order valence-electron chi connectivity index (χ0n) is 11.9. The fourth-order valence-corrected chi connectivity index (χ4v) is 2.91. The van der Waals surface area contributed by atoms with Crippen LogP contribution in [0.1, 0.15) is 0 Å². The van der Waals surface area contributed by atoms with Gasteiger partial charge in [0.25, 0.3) is 0 Å². The van der Waals surface area contributed by atoms with Gasteiger partial charge in [0, 0.05) is 43.4 Å². The van der Waals surface area contributed by atoms with E-state index in [1.165, 1.54) is 11.3 Å². The molecule has 0 aliphatic carbocycles. The molecule has 3 rings (SSSR count). The second kappa shape index (κ2) is 6.57. The Balaban J connectivity index is 1.54. The number of piperazine rings is 1. The second-order valence-electron chi connectivity index (χ2n) is 4.91. The number of para-hydroxylation sites is 1. The summed E-state index contributed by atoms with van der Waals surface area (Å²) in [6.07, 6.45) is 1.59. The molecular weight excluding hydrogens is 300 g/mol. The summed E-state index contributed by atoms with van der Waals surface area (Å²) >= 11 is 1.29. The van der Waals surface area contributed by atoms with Crippen LogP contribution >= 0.6 is 11.3 Å². The number of anilines is 2. The van der Waals surface area contributed by atoms with E-state index < -0.39 is 11.8 Å². The van der Waals surface area contributed by atoms with Crippen molar-refractivity contribution in [1.82, 2.24) is 9.88 Å². The molecule has 2 amide bonds. The lowest BCUT2D eigenvalue weighted by atomic mass is 10.2. The maximum absolute atomic E-state index is 12.1. The molecule has 2 aromatic rings. The van der Waals surface area contributed by atoms with Crippen LogP contribution in [-0.2, 0) is 9.59 Å². The average molecular weight is 316 g/mol. The molecule has 7 heteroatoms. The van der Waals surface area contributed by atoms with Crippen molar-refractivity contribution >= 4 is 34.0 Å². The third-order valence-electron chi connectivity index (χ3n) is 3.54. The molecule has 0 saturated carbocycles. The lowest BCUT2D eigenvalue weighted by molar-refractivity contribution is -0.143. The molecule has 0 atom stereocenters. The molecule has 22 heavy (non-hydrogen) atoms. The van der Waals surface area contributed by atoms with Crippen molar-refractivity contribution in [3.05, 3.63) is 41.9 Å². The number of benzene rings is 1. The molecule has 0 bridgehead atoms. The SMILES string of the molecule is O=C(Nc1nccs1)C(=O)N1CCN(c2ccccc2)CC1. The fraction of sp³-hybridized carbons (Fsp3) is 0.267. The highest BCUT2D eigenvalue weighted by molar-refractivity contribution is 7.13. The van der Waals surface area contributed by atoms with Gasteiger partial charge in [0.1, 0.15) is 0 Å². The highest BCUT2D eigenvalue weighted by atomic mass is 32.1. The largest absolute Gasteiger partial charge is 0.368 e. The van der Waals surface area contributed by atoms with Crippen LogP contribution < -0.4 is 10.2 Å². The van der Waals surface area contributed by atoms with Crippen molar-refractivity contribution < 1.29 is 9.59 Å². The Kier molecular flexibility index (Phi) is 4.34. The van der Waals surface area contributed by atoms with Crippen LogP contribution in [-0.4, -0.2) is 47.9 Å². The third kappa shape index (κ3) is 3.25. The number of nitrogens with one attached hydrogen (secondary N) is 1. The van der Waals surface area contributed by atoms with E-state index in [0.717, 1.165) is 18.8 Å². The van der Waals surface area contributed by atoms with Gasteiger partial charge in [-0.15, -0.1) is 11.3 Å². The predicted octanol–water partition coefficient (Wildman–Crippen LogP) is 1.43. The Morgan fingerprint density at radius 3 is 2.45 bits per heavy atom. The molecule has 1 aliphatic rings. The van der Waals surface area contributed by atoms with Crippen molar-refractivity contribution in [2.24, 2.45) is 0 Å². The zero-order valence-corrected chi connectivity index (χ0v) is 12.8. The number of aromatic nitrogens is 1. The smallest absolute Gasteiger partial charge is 0.315 e. The Morgan fingerprint density at radius 1 is 1.09 bits per heavy atom. The molecule has 1 aliphatic heterocycles. The van der Waals surface area contributed by atoms with Gasteiger partial charge in [-0.05, 0) is 12.1 Å². The molecular formula is C15H16N4O2S. The molecule has 1 aromatic carbocycles. The molecule has 114 valence electrons. The number of nitrogens with zero attached hydrogens (tertiary/aromatic N) is 3. The zero-order chi connectivity index (χ0) is 15.4. The molecule has 0 radical (unpaired) electrons. The van der Waals surface area contributed by atoms with Gasteiger partial charge in [0.15, 0.2) is 5.13 Å². The van der Waals surface area contributed by atoms with E-state index in [2.05, 4.69) is 15.2 Å². The minimum Gasteiger partial charge on any atom is -0.368 e. The summed E-state index contributed by atoms with van der Waals surface area (Å²) in [7, 11) is 0. The molecule has 1 saturated heterocycles. The summed E-state index contributed by atoms with van der Waals surface area (Å²) < 4.78 is 0. The normalized spacial score (nSPS) is 14.7. The second-order valence-corrected chi connectivity index (χ2v) is 5.80. The number of thiazole rings is 1. The topological polar surface area (TPSA) is 65.5 Å². The minimum absolute atomic E-state index is 0.446. The van der Waals surface area contributed by atoms with E-state index in [1.807, 2.05) is 30.3 Å². The lowest BCUT2D eigenvalue weighted by Crippen LogP contribution is -2.51. The number of carbonyl (C=O) groups excluding carboxylic acids is 2. The summed E-state index contributed by atoms with van der Waals surface area (Å²) in [6, 6.07) is 10.1. The van der Waals surface area contributed by atoms with Crippen molar-refractivity contribution in [1.29, 1.82) is 0 Å². The number of amides is 2. The first kappa shape index (κ1) is 14.5. The van der Waals surface area contributed by atoms with Gasteiger partial charge >= 0.3 is 11.8 Å². The van der Waals surface area contributed by atoms with Crippen LogP contribution in [0, 0.1) is 0 Å². The maximum Gasteiger partial charge on any atom is 0.315 e. The van der Waals surface area contributed by atoms with Crippen molar-refractivity contribution in [2.75, 3.05) is 36.4 Å². The van der Waals surface area contributed by atoms with Gasteiger partial charge < -0.3 is 9.80 Å². The predicted molar refractivity (Wildman–Crippen MR) is 86.0 cm³/mol. The monoisotopic (exact) mass is 316 g/mol. The van der Waals surface area contributed by atoms with E-state index in [-0.39, 0.29) is 0 Å². The van der Waals surface area contributed by atoms with E-state index in [0.29, 0.717) is 18.2 Å². The highest BCUT2D eigenvalue weighted by Gasteiger charge is 2.26. The molecule has 1 fully saturated rings. The van der Waals surface area contributed by atoms with Gasteiger partial charge in [-0.3, -0.25) is 14.9 Å². The summed E-state index contributed by atoms with van der Waals surface area (Å²) in [5, 5.41) is 4.72. The van der Waals surface area contributed by atoms with E-state index >= 15 is 0 Å². The highest BCUT2D eigenvalue weighted by Crippen LogP contribution is 2.16. The first-order valence-corrected chi connectivity index (χ1v) is 7.92. The molecule has 1 aromatic heterocycles. The summed E-state index contributed by atoms with van der Waals surface area (Å²) in [6.45, 7) is 2.53. The summed E-state index contributed by atoms with van der Waals surface area (Å²) in [5.41, 5.74) is 1.14. The lowest BCUT2D eigenvalue weighted by Gasteiger charge is -2.35. The standard InChI is InChI=1S/C15H16N4O2S/c20-13(17-15-16-6-11-22-15)14(21)19-9-7-18(8-10-19)12-4-2-1-3-5-12/h1-6,11H,7-10H2,(H,16,17,20). The molecule has 6 nitrogen and oxygen atoms in total. The number of hydrogen-bond acceptors (Lipinski definition) is 5. The molecule has 1 N–H and O–H groups in total. The van der Waals surface area contributed by atoms with Gasteiger partial charge in [-0.1, -0.05) is 18.2 Å². The molecule has 2 heterocycles. The van der Waals surface area contributed by atoms with Crippen LogP contribution in [0.25, 0.3) is 0 Å². The third-order valence-corrected chi connectivity index (χ3v) is 4.22. The Bertz CT molecular complexity index is 637. The van der Waals surface area contributed by atoms with Crippen molar-refractivity contribution in [2.45, 2.75) is 0 Å². The quantitative estimate of drug-likeness (QED) is 0.851. The fourth-order valence-electron chi connectivity index (χ4n) is 2.39. The van der Waals surface area contributed by atoms with Crippen LogP contribution in [0.4, 0.5) is 10.8 Å². The Morgan fingerprint density at radius 2 is 1.82 bits per heavy atom. The number of carbonyl (C=O) groups is 2. The maximum atomic E-state index is 12.1. The van der Waals surface area contributed by atoms with Gasteiger partial charge in [0.2, 0.25) is 0 Å². The Labute approximate surface area is 132 Å².